The largest absolute Gasteiger partial charge is 0.497 e. The highest BCUT2D eigenvalue weighted by atomic mass is 35.5. The first-order valence-electron chi connectivity index (χ1n) is 9.13. The van der Waals surface area contributed by atoms with Gasteiger partial charge in [0.25, 0.3) is 5.91 Å². The molecule has 28 heavy (non-hydrogen) atoms. The third-order valence-corrected chi connectivity index (χ3v) is 5.35. The predicted octanol–water partition coefficient (Wildman–Crippen LogP) is 1.88. The quantitative estimate of drug-likeness (QED) is 0.646. The van der Waals surface area contributed by atoms with Crippen LogP contribution in [-0.4, -0.2) is 55.8 Å². The van der Waals surface area contributed by atoms with Gasteiger partial charge in [-0.3, -0.25) is 4.79 Å². The molecule has 0 unspecified atom stereocenters. The Bertz CT molecular complexity index is 823. The molecule has 148 valence electrons. The topological polar surface area (TPSA) is 58.0 Å². The number of piperazine rings is 1. The summed E-state index contributed by atoms with van der Waals surface area (Å²) >= 11 is 11.6. The van der Waals surface area contributed by atoms with Crippen molar-refractivity contribution in [2.45, 2.75) is 0 Å². The molecule has 1 aliphatic rings. The molecule has 3 rings (SSSR count). The van der Waals surface area contributed by atoms with Gasteiger partial charge >= 0.3 is 0 Å². The van der Waals surface area contributed by atoms with E-state index in [1.807, 2.05) is 36.4 Å². The average Bonchev–Trinajstić information content (AvgIpc) is 2.71. The van der Waals surface area contributed by atoms with Crippen molar-refractivity contribution >= 4 is 46.2 Å². The molecular formula is C20H24ClN4O2S+. The van der Waals surface area contributed by atoms with Crippen LogP contribution in [0, 0.1) is 0 Å². The Hall–Kier alpha value is -2.35. The zero-order valence-corrected chi connectivity index (χ0v) is 17.3. The molecule has 1 aliphatic heterocycles. The number of anilines is 2. The van der Waals surface area contributed by atoms with Gasteiger partial charge in [-0.15, -0.1) is 0 Å². The molecule has 0 radical (unpaired) electrons. The van der Waals surface area contributed by atoms with Crippen LogP contribution in [0.5, 0.6) is 5.75 Å². The van der Waals surface area contributed by atoms with Crippen LogP contribution in [0.2, 0.25) is 5.02 Å². The minimum Gasteiger partial charge on any atom is -0.497 e. The van der Waals surface area contributed by atoms with Gasteiger partial charge in [-0.1, -0.05) is 23.7 Å². The van der Waals surface area contributed by atoms with E-state index in [1.54, 1.807) is 19.2 Å². The highest BCUT2D eigenvalue weighted by molar-refractivity contribution is 7.80. The van der Waals surface area contributed by atoms with Gasteiger partial charge in [-0.05, 0) is 48.6 Å². The molecule has 6 nitrogen and oxygen atoms in total. The predicted molar refractivity (Wildman–Crippen MR) is 116 cm³/mol. The summed E-state index contributed by atoms with van der Waals surface area (Å²) in [6, 6.07) is 14.9. The zero-order valence-electron chi connectivity index (χ0n) is 15.7. The number of hydrogen-bond donors (Lipinski definition) is 3. The molecule has 0 aromatic heterocycles. The number of benzene rings is 2. The van der Waals surface area contributed by atoms with Crippen LogP contribution in [0.3, 0.4) is 0 Å². The second-order valence-corrected chi connectivity index (χ2v) is 7.39. The Labute approximate surface area is 175 Å². The number of hydrogen-bond acceptors (Lipinski definition) is 3. The minimum atomic E-state index is -0.0320. The van der Waals surface area contributed by atoms with Crippen molar-refractivity contribution in [2.75, 3.05) is 50.5 Å². The lowest BCUT2D eigenvalue weighted by molar-refractivity contribution is -0.895. The third-order valence-electron chi connectivity index (χ3n) is 4.66. The van der Waals surface area contributed by atoms with E-state index in [0.29, 0.717) is 22.4 Å². The summed E-state index contributed by atoms with van der Waals surface area (Å²) in [6.07, 6.45) is 0. The third kappa shape index (κ3) is 5.58. The maximum Gasteiger partial charge on any atom is 0.279 e. The van der Waals surface area contributed by atoms with Crippen molar-refractivity contribution in [2.24, 2.45) is 0 Å². The average molecular weight is 420 g/mol. The van der Waals surface area contributed by atoms with Gasteiger partial charge in [0.05, 0.1) is 44.0 Å². The van der Waals surface area contributed by atoms with Crippen molar-refractivity contribution in [3.63, 3.8) is 0 Å². The Morgan fingerprint density at radius 2 is 1.82 bits per heavy atom. The fraction of sp³-hybridized carbons (Fsp3) is 0.300. The molecule has 1 amide bonds. The summed E-state index contributed by atoms with van der Waals surface area (Å²) in [5, 5.41) is 7.38. The molecule has 3 N–H and O–H groups in total. The molecule has 0 spiro atoms. The molecule has 1 heterocycles. The van der Waals surface area contributed by atoms with Crippen LogP contribution in [0.4, 0.5) is 11.4 Å². The fourth-order valence-corrected chi connectivity index (χ4v) is 3.55. The van der Waals surface area contributed by atoms with Crippen LogP contribution in [0.25, 0.3) is 0 Å². The van der Waals surface area contributed by atoms with E-state index in [0.717, 1.165) is 37.6 Å². The maximum atomic E-state index is 12.3. The first kappa shape index (κ1) is 20.4. The van der Waals surface area contributed by atoms with Crippen molar-refractivity contribution in [1.82, 2.24) is 4.90 Å². The molecule has 0 bridgehead atoms. The normalized spacial score (nSPS) is 14.4. The molecule has 2 aromatic rings. The second kappa shape index (κ2) is 9.73. The van der Waals surface area contributed by atoms with Crippen LogP contribution in [-0.2, 0) is 4.79 Å². The van der Waals surface area contributed by atoms with Gasteiger partial charge in [0.2, 0.25) is 0 Å². The van der Waals surface area contributed by atoms with E-state index in [-0.39, 0.29) is 5.91 Å². The van der Waals surface area contributed by atoms with Crippen LogP contribution in [0.1, 0.15) is 0 Å². The highest BCUT2D eigenvalue weighted by Gasteiger charge is 2.24. The highest BCUT2D eigenvalue weighted by Crippen LogP contribution is 2.20. The summed E-state index contributed by atoms with van der Waals surface area (Å²) in [7, 11) is 1.64. The van der Waals surface area contributed by atoms with Gasteiger partial charge in [0.1, 0.15) is 5.75 Å². The summed E-state index contributed by atoms with van der Waals surface area (Å²) < 4.78 is 5.16. The van der Waals surface area contributed by atoms with Crippen molar-refractivity contribution in [3.8, 4) is 5.75 Å². The van der Waals surface area contributed by atoms with E-state index >= 15 is 0 Å². The van der Waals surface area contributed by atoms with Crippen LogP contribution in [0.15, 0.2) is 48.5 Å². The Balaban J connectivity index is 1.44. The number of ether oxygens (including phenoxy) is 1. The van der Waals surface area contributed by atoms with E-state index in [2.05, 4.69) is 15.5 Å². The summed E-state index contributed by atoms with van der Waals surface area (Å²) in [5.74, 6) is 0.777. The number of nitrogens with zero attached hydrogens (tertiary/aromatic N) is 1. The number of rotatable bonds is 5. The first-order chi connectivity index (χ1) is 13.5. The van der Waals surface area contributed by atoms with Crippen LogP contribution < -0.4 is 20.3 Å². The lowest BCUT2D eigenvalue weighted by atomic mass is 10.3. The van der Waals surface area contributed by atoms with E-state index < -0.39 is 0 Å². The Kier molecular flexibility index (Phi) is 7.08. The zero-order chi connectivity index (χ0) is 19.9. The molecule has 8 heteroatoms. The standard InChI is InChI=1S/C20H23ClN4O2S/c1-27-16-8-6-15(7-9-16)22-20(28)25-12-10-24(11-13-25)14-19(26)23-18-5-3-2-4-17(18)21/h2-9H,10-14H2,1H3,(H,22,28)(H,23,26)/p+1. The molecule has 0 saturated carbocycles. The summed E-state index contributed by atoms with van der Waals surface area (Å²) in [4.78, 5) is 15.7. The van der Waals surface area contributed by atoms with E-state index in [9.17, 15) is 4.79 Å². The van der Waals surface area contributed by atoms with E-state index in [4.69, 9.17) is 28.6 Å². The van der Waals surface area contributed by atoms with Gasteiger partial charge in [-0.2, -0.15) is 0 Å². The number of quaternary nitrogens is 1. The molecule has 0 aliphatic carbocycles. The minimum absolute atomic E-state index is 0.0320. The smallest absolute Gasteiger partial charge is 0.279 e. The monoisotopic (exact) mass is 419 g/mol. The SMILES string of the molecule is COc1ccc(NC(=S)N2CC[NH+](CC(=O)Nc3ccccc3Cl)CC2)cc1. The first-order valence-corrected chi connectivity index (χ1v) is 9.91. The van der Waals surface area contributed by atoms with Crippen LogP contribution >= 0.6 is 23.8 Å². The number of nitrogens with one attached hydrogen (secondary N) is 3. The van der Waals surface area contributed by atoms with Crippen molar-refractivity contribution in [1.29, 1.82) is 0 Å². The van der Waals surface area contributed by atoms with Crippen molar-refractivity contribution in [3.05, 3.63) is 53.6 Å². The number of halogens is 1. The number of methoxy groups -OCH3 is 1. The number of para-hydroxylation sites is 1. The van der Waals surface area contributed by atoms with Gasteiger partial charge in [-0.25, -0.2) is 0 Å². The van der Waals surface area contributed by atoms with Gasteiger partial charge < -0.3 is 25.2 Å². The molecule has 0 atom stereocenters. The van der Waals surface area contributed by atoms with Gasteiger partial charge in [0.15, 0.2) is 11.7 Å². The number of carbonyl (C=O) groups excluding carboxylic acids is 1. The number of amides is 1. The number of thiocarbonyl (C=S) groups is 1. The molecule has 1 saturated heterocycles. The fourth-order valence-electron chi connectivity index (χ4n) is 3.06. The van der Waals surface area contributed by atoms with Crippen molar-refractivity contribution < 1.29 is 14.4 Å². The Morgan fingerprint density at radius 1 is 1.14 bits per heavy atom. The summed E-state index contributed by atoms with van der Waals surface area (Å²) in [6.45, 7) is 3.71. The van der Waals surface area contributed by atoms with Gasteiger partial charge in [0, 0.05) is 5.69 Å². The molecule has 2 aromatic carbocycles. The maximum absolute atomic E-state index is 12.3. The lowest BCUT2D eigenvalue weighted by Gasteiger charge is -2.33. The lowest BCUT2D eigenvalue weighted by Crippen LogP contribution is -3.15. The summed E-state index contributed by atoms with van der Waals surface area (Å²) in [5.41, 5.74) is 1.58. The Morgan fingerprint density at radius 3 is 2.46 bits per heavy atom. The second-order valence-electron chi connectivity index (χ2n) is 6.60. The number of carbonyl (C=O) groups is 1. The molecule has 1 fully saturated rings. The molecular weight excluding hydrogens is 396 g/mol. The van der Waals surface area contributed by atoms with E-state index in [1.165, 1.54) is 4.90 Å².